The Balaban J connectivity index is 2.38. The van der Waals surface area contributed by atoms with Gasteiger partial charge in [0.1, 0.15) is 11.6 Å². The summed E-state index contributed by atoms with van der Waals surface area (Å²) in [5, 5.41) is 0.483. The molecule has 1 aliphatic rings. The first-order chi connectivity index (χ1) is 6.18. The second-order valence-corrected chi connectivity index (χ2v) is 3.66. The number of benzene rings is 1. The van der Waals surface area contributed by atoms with Gasteiger partial charge >= 0.3 is 0 Å². The minimum absolute atomic E-state index is 0.112. The van der Waals surface area contributed by atoms with Crippen LogP contribution in [0.4, 0.5) is 4.39 Å². The molecule has 1 aliphatic carbocycles. The van der Waals surface area contributed by atoms with Crippen molar-refractivity contribution in [1.82, 2.24) is 0 Å². The average Bonchev–Trinajstić information content (AvgIpc) is 2.09. The van der Waals surface area contributed by atoms with Crippen molar-refractivity contribution in [2.45, 2.75) is 18.8 Å². The van der Waals surface area contributed by atoms with E-state index in [2.05, 4.69) is 0 Å². The van der Waals surface area contributed by atoms with Gasteiger partial charge in [0, 0.05) is 17.4 Å². The molecule has 3 heteroatoms. The summed E-state index contributed by atoms with van der Waals surface area (Å²) in [5.74, 6) is -0.470. The molecule has 13 heavy (non-hydrogen) atoms. The van der Waals surface area contributed by atoms with E-state index in [1.165, 1.54) is 12.1 Å². The molecule has 68 valence electrons. The smallest absolute Gasteiger partial charge is 0.140 e. The third-order valence-electron chi connectivity index (χ3n) is 2.40. The van der Waals surface area contributed by atoms with Crippen LogP contribution in [0.5, 0.6) is 0 Å². The van der Waals surface area contributed by atoms with Crippen LogP contribution in [0, 0.1) is 5.82 Å². The van der Waals surface area contributed by atoms with Crippen LogP contribution in [0.25, 0.3) is 0 Å². The first-order valence-electron chi connectivity index (χ1n) is 4.16. The summed E-state index contributed by atoms with van der Waals surface area (Å²) in [5.41, 5.74) is 0.448. The Bertz CT molecular complexity index is 362. The van der Waals surface area contributed by atoms with E-state index in [-0.39, 0.29) is 17.5 Å². The zero-order chi connectivity index (χ0) is 9.42. The first kappa shape index (κ1) is 8.70. The molecule has 0 aliphatic heterocycles. The van der Waals surface area contributed by atoms with Crippen molar-refractivity contribution < 1.29 is 9.18 Å². The highest BCUT2D eigenvalue weighted by Gasteiger charge is 2.31. The lowest BCUT2D eigenvalue weighted by atomic mass is 9.78. The Morgan fingerprint density at radius 3 is 2.77 bits per heavy atom. The quantitative estimate of drug-likeness (QED) is 0.678. The van der Waals surface area contributed by atoms with Crippen molar-refractivity contribution >= 4 is 17.4 Å². The Labute approximate surface area is 80.5 Å². The third-order valence-corrected chi connectivity index (χ3v) is 2.64. The van der Waals surface area contributed by atoms with Crippen LogP contribution >= 0.6 is 11.6 Å². The van der Waals surface area contributed by atoms with E-state index in [0.29, 0.717) is 17.0 Å². The maximum absolute atomic E-state index is 13.2. The normalized spacial score (nSPS) is 21.4. The van der Waals surface area contributed by atoms with Crippen molar-refractivity contribution in [2.75, 3.05) is 0 Å². The van der Waals surface area contributed by atoms with E-state index in [0.717, 1.165) is 6.42 Å². The highest BCUT2D eigenvalue weighted by Crippen LogP contribution is 2.35. The molecule has 0 heterocycles. The predicted molar refractivity (Wildman–Crippen MR) is 48.4 cm³/mol. The molecule has 2 rings (SSSR count). The van der Waals surface area contributed by atoms with Gasteiger partial charge < -0.3 is 0 Å². The van der Waals surface area contributed by atoms with Gasteiger partial charge in [-0.05, 0) is 30.2 Å². The summed E-state index contributed by atoms with van der Waals surface area (Å²) in [4.78, 5) is 11.1. The Morgan fingerprint density at radius 1 is 1.46 bits per heavy atom. The summed E-state index contributed by atoms with van der Waals surface area (Å²) in [6.45, 7) is 0. The van der Waals surface area contributed by atoms with Crippen LogP contribution in [-0.4, -0.2) is 5.78 Å². The van der Waals surface area contributed by atoms with Crippen LogP contribution in [0.3, 0.4) is 0 Å². The molecule has 1 atom stereocenters. The van der Waals surface area contributed by atoms with E-state index >= 15 is 0 Å². The maximum atomic E-state index is 13.2. The molecule has 1 fully saturated rings. The molecular weight excluding hydrogens is 191 g/mol. The van der Waals surface area contributed by atoms with Gasteiger partial charge in [-0.15, -0.1) is 0 Å². The molecule has 0 amide bonds. The van der Waals surface area contributed by atoms with Gasteiger partial charge in [0.25, 0.3) is 0 Å². The minimum Gasteiger partial charge on any atom is -0.299 e. The van der Waals surface area contributed by atoms with Crippen molar-refractivity contribution in [3.05, 3.63) is 34.6 Å². The van der Waals surface area contributed by atoms with Gasteiger partial charge in [-0.3, -0.25) is 4.79 Å². The lowest BCUT2D eigenvalue weighted by Gasteiger charge is -2.24. The first-order valence-corrected chi connectivity index (χ1v) is 4.54. The molecule has 0 spiro atoms. The van der Waals surface area contributed by atoms with E-state index < -0.39 is 0 Å². The molecule has 0 radical (unpaired) electrons. The standard InChI is InChI=1S/C10H8ClFO/c11-6-1-3-9(12)8(5-6)7-2-4-10(7)13/h1,3,5,7H,2,4H2. The second kappa shape index (κ2) is 3.11. The lowest BCUT2D eigenvalue weighted by Crippen LogP contribution is -2.24. The molecule has 1 saturated carbocycles. The molecule has 0 N–H and O–H groups in total. The van der Waals surface area contributed by atoms with Crippen LogP contribution in [0.2, 0.25) is 5.02 Å². The van der Waals surface area contributed by atoms with Gasteiger partial charge in [-0.1, -0.05) is 11.6 Å². The summed E-state index contributed by atoms with van der Waals surface area (Å²) in [7, 11) is 0. The van der Waals surface area contributed by atoms with Gasteiger partial charge in [-0.2, -0.15) is 0 Å². The number of carbonyl (C=O) groups excluding carboxylic acids is 1. The van der Waals surface area contributed by atoms with E-state index in [4.69, 9.17) is 11.6 Å². The summed E-state index contributed by atoms with van der Waals surface area (Å²) in [6, 6.07) is 4.34. The molecule has 1 nitrogen and oxygen atoms in total. The highest BCUT2D eigenvalue weighted by atomic mass is 35.5. The fraction of sp³-hybridized carbons (Fsp3) is 0.300. The number of hydrogen-bond acceptors (Lipinski definition) is 1. The topological polar surface area (TPSA) is 17.1 Å². The Kier molecular flexibility index (Phi) is 2.08. The highest BCUT2D eigenvalue weighted by molar-refractivity contribution is 6.30. The molecule has 1 aromatic rings. The van der Waals surface area contributed by atoms with E-state index in [1.807, 2.05) is 0 Å². The number of hydrogen-bond donors (Lipinski definition) is 0. The SMILES string of the molecule is O=C1CCC1c1cc(Cl)ccc1F. The van der Waals surface area contributed by atoms with Crippen molar-refractivity contribution in [1.29, 1.82) is 0 Å². The maximum Gasteiger partial charge on any atom is 0.140 e. The number of halogens is 2. The van der Waals surface area contributed by atoms with Crippen LogP contribution in [-0.2, 0) is 4.79 Å². The number of Topliss-reactive ketones (excluding diaryl/α,β-unsaturated/α-hetero) is 1. The monoisotopic (exact) mass is 198 g/mol. The van der Waals surface area contributed by atoms with Crippen molar-refractivity contribution in [2.24, 2.45) is 0 Å². The predicted octanol–water partition coefficient (Wildman–Crippen LogP) is 2.93. The number of ketones is 1. The molecule has 0 saturated heterocycles. The number of carbonyl (C=O) groups is 1. The zero-order valence-corrected chi connectivity index (χ0v) is 7.64. The Morgan fingerprint density at radius 2 is 2.23 bits per heavy atom. The molecule has 0 bridgehead atoms. The largest absolute Gasteiger partial charge is 0.299 e. The van der Waals surface area contributed by atoms with Crippen molar-refractivity contribution in [3.63, 3.8) is 0 Å². The Hall–Kier alpha value is -0.890. The van der Waals surface area contributed by atoms with Gasteiger partial charge in [0.05, 0.1) is 0 Å². The minimum atomic E-state index is -0.331. The third kappa shape index (κ3) is 1.46. The van der Waals surface area contributed by atoms with Gasteiger partial charge in [-0.25, -0.2) is 4.39 Å². The molecular formula is C10H8ClFO. The van der Waals surface area contributed by atoms with Crippen LogP contribution in [0.15, 0.2) is 18.2 Å². The average molecular weight is 199 g/mol. The zero-order valence-electron chi connectivity index (χ0n) is 6.89. The van der Waals surface area contributed by atoms with Crippen LogP contribution in [0.1, 0.15) is 24.3 Å². The second-order valence-electron chi connectivity index (χ2n) is 3.22. The van der Waals surface area contributed by atoms with Gasteiger partial charge in [0.15, 0.2) is 0 Å². The van der Waals surface area contributed by atoms with E-state index in [9.17, 15) is 9.18 Å². The fourth-order valence-electron chi connectivity index (χ4n) is 1.52. The lowest BCUT2D eigenvalue weighted by molar-refractivity contribution is -0.125. The number of rotatable bonds is 1. The molecule has 0 aromatic heterocycles. The van der Waals surface area contributed by atoms with E-state index in [1.54, 1.807) is 6.07 Å². The molecule has 1 aromatic carbocycles. The van der Waals surface area contributed by atoms with Crippen LogP contribution < -0.4 is 0 Å². The summed E-state index contributed by atoms with van der Waals surface area (Å²) >= 11 is 5.71. The summed E-state index contributed by atoms with van der Waals surface area (Å²) < 4.78 is 13.2. The summed E-state index contributed by atoms with van der Waals surface area (Å²) in [6.07, 6.45) is 1.31. The fourth-order valence-corrected chi connectivity index (χ4v) is 1.70. The molecule has 1 unspecified atom stereocenters. The van der Waals surface area contributed by atoms with Crippen molar-refractivity contribution in [3.8, 4) is 0 Å². The van der Waals surface area contributed by atoms with Gasteiger partial charge in [0.2, 0.25) is 0 Å².